The first kappa shape index (κ1) is 110. The molecule has 772 valence electrons. The van der Waals surface area contributed by atoms with Gasteiger partial charge in [0, 0.05) is 49.5 Å². The average molecular weight is 2070 g/mol. The van der Waals surface area contributed by atoms with E-state index >= 15 is 0 Å². The Labute approximate surface area is 870 Å². The van der Waals surface area contributed by atoms with Crippen molar-refractivity contribution in [1.82, 2.24) is 0 Å². The van der Waals surface area contributed by atoms with Gasteiger partial charge < -0.3 is 18.9 Å². The lowest BCUT2D eigenvalue weighted by atomic mass is 9.43. The van der Waals surface area contributed by atoms with E-state index in [1.54, 1.807) is 0 Å². The van der Waals surface area contributed by atoms with Crippen molar-refractivity contribution in [3.8, 4) is 0 Å². The smallest absolute Gasteiger partial charge is 0.376 e. The maximum Gasteiger partial charge on any atom is 0.376 e. The molecule has 11 aromatic carbocycles. The molecule has 25 rings (SSSR count). The normalized spacial score (nSPS) is 24.2. The van der Waals surface area contributed by atoms with Gasteiger partial charge in [-0.2, -0.15) is 35.1 Å². The Balaban J connectivity index is 0.000000126. The number of aryl methyl sites for hydroxylation is 1. The van der Waals surface area contributed by atoms with Gasteiger partial charge in [-0.05, 0) is 333 Å². The number of alkyl halides is 8. The molecule has 9 nitrogen and oxygen atoms in total. The third kappa shape index (κ3) is 31.0. The molecule has 0 aromatic heterocycles. The van der Waals surface area contributed by atoms with E-state index in [0.717, 1.165) is 130 Å². The number of Topliss-reactive ketones (excluding diaryl/α,β-unsaturated/α-hetero) is 1. The van der Waals surface area contributed by atoms with Crippen LogP contribution in [0.4, 0.5) is 35.1 Å². The molecule has 146 heavy (non-hydrogen) atoms. The molecular formula is C125H142F8O9S4+4. The number of halogens is 8. The van der Waals surface area contributed by atoms with E-state index in [1.165, 1.54) is 144 Å². The second-order valence-corrected chi connectivity index (χ2v) is 51.6. The lowest BCUT2D eigenvalue weighted by Gasteiger charge is -2.62. The number of benzene rings is 11. The van der Waals surface area contributed by atoms with Crippen molar-refractivity contribution < 1.29 is 78.0 Å². The minimum Gasteiger partial charge on any atom is -0.461 e. The Morgan fingerprint density at radius 1 is 0.295 bits per heavy atom. The van der Waals surface area contributed by atoms with Gasteiger partial charge in [0.25, 0.3) is 0 Å². The number of ether oxygens (including phenoxy) is 4. The average Bonchev–Trinajstić information content (AvgIpc) is 0.797. The standard InChI is InChI=1S/C21H26F2O2.3C18H15S.2C14H20F2O2.C12H15OS.C10H16F2O2/c1-14-3-5-17(6-4-14)21-10-15-7-16(11-21)9-20(8-15,12-21)13-25-18(24)19(2,22)23;3*1-4-10-16(11-5-1)19(17-12-6-2-7-13-17)18-14-8-3-9-15-18;2*1-13(15,16)12(17)18-8-14-5-9-2-10(6-14)4-11(3-9)7-14;13-12(10-14-8-4-5-9-14)11-6-2-1-3-7-11;1-10(11,12)9(13)14-7-8-5-3-2-4-6-8/h3-6,15-16H,7-13H2,1-2H3;3*1-15H;2*9-11H,2-8H2,1H3;1-3,6-7H,4-5,8-10H2;8H,2-7H2,1H3/q;3*+1;;;+1;. The Morgan fingerprint density at radius 2 is 0.534 bits per heavy atom. The highest BCUT2D eigenvalue weighted by atomic mass is 32.2. The summed E-state index contributed by atoms with van der Waals surface area (Å²) in [7, 11) is 0.349. The van der Waals surface area contributed by atoms with Gasteiger partial charge in [-0.15, -0.1) is 0 Å². The molecule has 11 aromatic rings. The molecule has 1 saturated heterocycles. The van der Waals surface area contributed by atoms with Crippen molar-refractivity contribution in [3.63, 3.8) is 0 Å². The summed E-state index contributed by atoms with van der Waals surface area (Å²) in [6.45, 7) is 5.20. The Kier molecular flexibility index (Phi) is 38.3. The highest BCUT2D eigenvalue weighted by Gasteiger charge is 2.60. The van der Waals surface area contributed by atoms with Crippen LogP contribution in [0.5, 0.6) is 0 Å². The summed E-state index contributed by atoms with van der Waals surface area (Å²) in [6.07, 6.45) is 28.9. The molecule has 2 atom stereocenters. The predicted molar refractivity (Wildman–Crippen MR) is 571 cm³/mol. The van der Waals surface area contributed by atoms with E-state index in [4.69, 9.17) is 14.2 Å². The van der Waals surface area contributed by atoms with Gasteiger partial charge in [0.1, 0.15) is 11.5 Å². The number of esters is 4. The summed E-state index contributed by atoms with van der Waals surface area (Å²) >= 11 is 0. The van der Waals surface area contributed by atoms with E-state index < -0.39 is 47.6 Å². The zero-order chi connectivity index (χ0) is 103. The van der Waals surface area contributed by atoms with Crippen LogP contribution in [0.3, 0.4) is 0 Å². The molecular weight excluding hydrogens is 1930 g/mol. The summed E-state index contributed by atoms with van der Waals surface area (Å²) in [5.41, 5.74) is 3.58. The molecule has 21 heteroatoms. The van der Waals surface area contributed by atoms with Gasteiger partial charge in [0.15, 0.2) is 49.8 Å². The van der Waals surface area contributed by atoms with Gasteiger partial charge in [-0.3, -0.25) is 4.79 Å². The molecule has 12 bridgehead atoms. The molecule has 0 spiro atoms. The van der Waals surface area contributed by atoms with Crippen LogP contribution in [-0.4, -0.2) is 97.0 Å². The maximum absolute atomic E-state index is 13.2. The molecule has 0 radical (unpaired) electrons. The maximum atomic E-state index is 13.2. The third-order valence-corrected chi connectivity index (χ3v) is 39.8. The fraction of sp³-hybridized carbons (Fsp3) is 0.432. The van der Waals surface area contributed by atoms with Crippen molar-refractivity contribution in [2.45, 2.75) is 268 Å². The number of rotatable bonds is 25. The molecule has 14 aliphatic rings. The van der Waals surface area contributed by atoms with Crippen molar-refractivity contribution >= 4 is 73.2 Å². The first-order chi connectivity index (χ1) is 70.1. The summed E-state index contributed by atoms with van der Waals surface area (Å²) < 4.78 is 122. The number of ketones is 1. The van der Waals surface area contributed by atoms with Gasteiger partial charge >= 0.3 is 47.6 Å². The van der Waals surface area contributed by atoms with Crippen LogP contribution in [0.15, 0.2) is 372 Å². The second kappa shape index (κ2) is 50.9. The first-order valence-electron chi connectivity index (χ1n) is 52.3. The topological polar surface area (TPSA) is 122 Å². The highest BCUT2D eigenvalue weighted by molar-refractivity contribution is 7.98. The van der Waals surface area contributed by atoms with Gasteiger partial charge in [-0.25, -0.2) is 19.2 Å². The van der Waals surface area contributed by atoms with Crippen LogP contribution in [-0.2, 0) is 87.1 Å². The molecule has 14 fully saturated rings. The van der Waals surface area contributed by atoms with E-state index in [-0.39, 0.29) is 86.7 Å². The minimum absolute atomic E-state index is 0.0146. The number of carbonyl (C=O) groups excluding carboxylic acids is 5. The van der Waals surface area contributed by atoms with E-state index in [2.05, 4.69) is 309 Å². The Hall–Kier alpha value is -10.2. The van der Waals surface area contributed by atoms with E-state index in [1.807, 2.05) is 30.3 Å². The van der Waals surface area contributed by atoms with Crippen LogP contribution < -0.4 is 0 Å². The molecule has 13 saturated carbocycles. The molecule has 0 N–H and O–H groups in total. The van der Waals surface area contributed by atoms with Crippen molar-refractivity contribution in [2.24, 2.45) is 69.5 Å². The monoisotopic (exact) mass is 2070 g/mol. The number of carbonyl (C=O) groups is 5. The van der Waals surface area contributed by atoms with Gasteiger partial charge in [0.2, 0.25) is 5.78 Å². The Morgan fingerprint density at radius 3 is 0.801 bits per heavy atom. The zero-order valence-electron chi connectivity index (χ0n) is 84.8. The fourth-order valence-electron chi connectivity index (χ4n) is 25.5. The molecule has 0 amide bonds. The second-order valence-electron chi connectivity index (χ2n) is 43.2. The fourth-order valence-corrected chi connectivity index (χ4v) is 34.1. The van der Waals surface area contributed by atoms with E-state index in [0.29, 0.717) is 56.2 Å². The van der Waals surface area contributed by atoms with Gasteiger partial charge in [0.05, 0.1) is 59.1 Å². The highest BCUT2D eigenvalue weighted by Crippen LogP contribution is 2.67. The van der Waals surface area contributed by atoms with Crippen LogP contribution >= 0.6 is 0 Å². The first-order valence-corrected chi connectivity index (χ1v) is 57.7. The summed E-state index contributed by atoms with van der Waals surface area (Å²) in [5, 5.41) is 0. The Bertz CT molecular complexity index is 5160. The lowest BCUT2D eigenvalue weighted by molar-refractivity contribution is -0.180. The van der Waals surface area contributed by atoms with Crippen LogP contribution in [0, 0.1) is 76.4 Å². The molecule has 13 aliphatic carbocycles. The van der Waals surface area contributed by atoms with Crippen molar-refractivity contribution in [2.75, 3.05) is 43.7 Å². The molecule has 2 unspecified atom stereocenters. The largest absolute Gasteiger partial charge is 0.461 e. The number of hydrogen-bond donors (Lipinski definition) is 0. The van der Waals surface area contributed by atoms with Gasteiger partial charge in [-0.1, -0.05) is 243 Å². The van der Waals surface area contributed by atoms with E-state index in [9.17, 15) is 59.1 Å². The summed E-state index contributed by atoms with van der Waals surface area (Å²) in [6, 6.07) is 115. The molecule has 1 aliphatic heterocycles. The van der Waals surface area contributed by atoms with Crippen LogP contribution in [0.2, 0.25) is 0 Å². The quantitative estimate of drug-likeness (QED) is 0.0181. The summed E-state index contributed by atoms with van der Waals surface area (Å²) in [5.74, 6) is -9.29. The molecule has 1 heterocycles. The van der Waals surface area contributed by atoms with Crippen LogP contribution in [0.1, 0.15) is 210 Å². The SMILES string of the molecule is CC(F)(F)C(=O)OCC12CC3CC(CC(C3)C1)C2.CC(F)(F)C(=O)OCC12CC3CC(CC(C3)C1)C2.CC(F)(F)C(=O)OCC1CCCCC1.Cc1ccc(C23CC4CC(CC(COC(=O)C(C)(F)F)(C4)C2)C3)cc1.O=C(C[S+]1CCCC1)c1ccccc1.c1ccc([S+](c2ccccc2)c2ccccc2)cc1.c1ccc([S+](c2ccccc2)c2ccccc2)cc1.c1ccc([S+](c2ccccc2)c2ccccc2)cc1. The lowest BCUT2D eigenvalue weighted by Crippen LogP contribution is -2.55. The summed E-state index contributed by atoms with van der Waals surface area (Å²) in [4.78, 5) is 68.7. The van der Waals surface area contributed by atoms with Crippen molar-refractivity contribution in [1.29, 1.82) is 0 Å². The zero-order valence-corrected chi connectivity index (χ0v) is 88.1. The van der Waals surface area contributed by atoms with Crippen molar-refractivity contribution in [3.05, 3.63) is 344 Å². The van der Waals surface area contributed by atoms with Crippen LogP contribution in [0.25, 0.3) is 0 Å². The number of hydrogen-bond acceptors (Lipinski definition) is 9. The third-order valence-electron chi connectivity index (χ3n) is 30.7. The minimum atomic E-state index is -3.41. The predicted octanol–water partition coefficient (Wildman–Crippen LogP) is 31.2.